The van der Waals surface area contributed by atoms with Crippen LogP contribution in [0.2, 0.25) is 5.02 Å². The van der Waals surface area contributed by atoms with Crippen molar-refractivity contribution >= 4 is 29.5 Å². The summed E-state index contributed by atoms with van der Waals surface area (Å²) in [6, 6.07) is 5.12. The third kappa shape index (κ3) is 6.13. The Morgan fingerprint density at radius 3 is 2.52 bits per heavy atom. The fourth-order valence-electron chi connectivity index (χ4n) is 1.57. The number of benzene rings is 1. The number of urea groups is 1. The maximum atomic E-state index is 11.6. The van der Waals surface area contributed by atoms with E-state index in [1.165, 1.54) is 0 Å². The number of carbonyl (C=O) groups excluding carboxylic acids is 2. The number of amides is 3. The van der Waals surface area contributed by atoms with Crippen molar-refractivity contribution in [1.82, 2.24) is 10.6 Å². The fraction of sp³-hybridized carbons (Fsp3) is 0.308. The van der Waals surface area contributed by atoms with Crippen molar-refractivity contribution in [3.63, 3.8) is 0 Å². The zero-order valence-corrected chi connectivity index (χ0v) is 11.9. The summed E-state index contributed by atoms with van der Waals surface area (Å²) in [4.78, 5) is 33.2. The van der Waals surface area contributed by atoms with E-state index in [9.17, 15) is 14.4 Å². The molecule has 1 aromatic rings. The molecular formula is C13H16ClN3O4. The van der Waals surface area contributed by atoms with Crippen LogP contribution in [0.1, 0.15) is 18.4 Å². The number of carboxylic acids is 1. The lowest BCUT2D eigenvalue weighted by Gasteiger charge is -2.14. The first kappa shape index (κ1) is 16.8. The molecule has 0 saturated carbocycles. The Balaban J connectivity index is 2.49. The van der Waals surface area contributed by atoms with E-state index in [-0.39, 0.29) is 19.4 Å². The molecule has 1 aromatic carbocycles. The van der Waals surface area contributed by atoms with E-state index >= 15 is 0 Å². The largest absolute Gasteiger partial charge is 0.480 e. The van der Waals surface area contributed by atoms with Crippen LogP contribution < -0.4 is 16.4 Å². The number of carbonyl (C=O) groups is 3. The van der Waals surface area contributed by atoms with Gasteiger partial charge in [-0.05, 0) is 18.1 Å². The Morgan fingerprint density at radius 2 is 1.95 bits per heavy atom. The van der Waals surface area contributed by atoms with Crippen molar-refractivity contribution in [2.75, 3.05) is 0 Å². The summed E-state index contributed by atoms with van der Waals surface area (Å²) >= 11 is 5.93. The van der Waals surface area contributed by atoms with Gasteiger partial charge in [0.2, 0.25) is 5.91 Å². The lowest BCUT2D eigenvalue weighted by Crippen LogP contribution is -2.46. The van der Waals surface area contributed by atoms with Crippen LogP contribution >= 0.6 is 11.6 Å². The quantitative estimate of drug-likeness (QED) is 0.596. The average molecular weight is 314 g/mol. The van der Waals surface area contributed by atoms with E-state index < -0.39 is 23.9 Å². The summed E-state index contributed by atoms with van der Waals surface area (Å²) in [6.45, 7) is 0.160. The zero-order chi connectivity index (χ0) is 15.8. The number of hydrogen-bond donors (Lipinski definition) is 4. The Hall–Kier alpha value is -2.28. The monoisotopic (exact) mass is 313 g/mol. The third-order valence-corrected chi connectivity index (χ3v) is 3.05. The molecular weight excluding hydrogens is 298 g/mol. The van der Waals surface area contributed by atoms with Gasteiger partial charge in [0.1, 0.15) is 6.04 Å². The molecule has 0 aliphatic rings. The molecule has 114 valence electrons. The van der Waals surface area contributed by atoms with E-state index in [1.807, 2.05) is 0 Å². The van der Waals surface area contributed by atoms with Crippen LogP contribution in [0.4, 0.5) is 4.79 Å². The van der Waals surface area contributed by atoms with Crippen molar-refractivity contribution in [3.8, 4) is 0 Å². The third-order valence-electron chi connectivity index (χ3n) is 2.68. The number of halogens is 1. The van der Waals surface area contributed by atoms with Crippen molar-refractivity contribution in [2.24, 2.45) is 5.73 Å². The summed E-state index contributed by atoms with van der Waals surface area (Å²) < 4.78 is 0. The normalized spacial score (nSPS) is 11.5. The van der Waals surface area contributed by atoms with E-state index in [4.69, 9.17) is 22.4 Å². The van der Waals surface area contributed by atoms with Crippen LogP contribution in [0.25, 0.3) is 0 Å². The minimum atomic E-state index is -1.23. The smallest absolute Gasteiger partial charge is 0.326 e. The first-order valence-electron chi connectivity index (χ1n) is 6.19. The Kier molecular flexibility index (Phi) is 6.48. The van der Waals surface area contributed by atoms with E-state index in [0.29, 0.717) is 10.6 Å². The van der Waals surface area contributed by atoms with Crippen LogP contribution in [-0.4, -0.2) is 29.1 Å². The predicted octanol–water partition coefficient (Wildman–Crippen LogP) is 0.858. The highest BCUT2D eigenvalue weighted by Gasteiger charge is 2.20. The molecule has 0 aliphatic heterocycles. The predicted molar refractivity (Wildman–Crippen MR) is 76.7 cm³/mol. The van der Waals surface area contributed by atoms with Gasteiger partial charge >= 0.3 is 12.0 Å². The van der Waals surface area contributed by atoms with Crippen molar-refractivity contribution in [1.29, 1.82) is 0 Å². The standard InChI is InChI=1S/C13H16ClN3O4/c14-9-4-2-1-3-8(9)7-16-13(21)17-10(12(19)20)5-6-11(15)18/h1-4,10H,5-7H2,(H2,15,18)(H,19,20)(H2,16,17,21). The summed E-state index contributed by atoms with van der Waals surface area (Å²) in [5.74, 6) is -1.86. The number of carboxylic acid groups (broad SMARTS) is 1. The molecule has 5 N–H and O–H groups in total. The van der Waals surface area contributed by atoms with Gasteiger partial charge in [-0.25, -0.2) is 9.59 Å². The number of hydrogen-bond acceptors (Lipinski definition) is 3. The molecule has 0 saturated heterocycles. The van der Waals surface area contributed by atoms with Gasteiger partial charge in [-0.1, -0.05) is 29.8 Å². The molecule has 21 heavy (non-hydrogen) atoms. The van der Waals surface area contributed by atoms with Crippen molar-refractivity contribution in [3.05, 3.63) is 34.9 Å². The lowest BCUT2D eigenvalue weighted by molar-refractivity contribution is -0.139. The highest BCUT2D eigenvalue weighted by atomic mass is 35.5. The molecule has 0 aromatic heterocycles. The van der Waals surface area contributed by atoms with Gasteiger partial charge in [0.15, 0.2) is 0 Å². The summed E-state index contributed by atoms with van der Waals surface area (Å²) in [6.07, 6.45) is -0.189. The second kappa shape index (κ2) is 8.11. The highest BCUT2D eigenvalue weighted by molar-refractivity contribution is 6.31. The maximum absolute atomic E-state index is 11.6. The molecule has 3 amide bonds. The fourth-order valence-corrected chi connectivity index (χ4v) is 1.77. The zero-order valence-electron chi connectivity index (χ0n) is 11.1. The molecule has 0 radical (unpaired) electrons. The van der Waals surface area contributed by atoms with Crippen LogP contribution in [0.15, 0.2) is 24.3 Å². The second-order valence-corrected chi connectivity index (χ2v) is 4.72. The molecule has 0 aliphatic carbocycles. The van der Waals surface area contributed by atoms with Crippen molar-refractivity contribution < 1.29 is 19.5 Å². The molecule has 0 heterocycles. The SMILES string of the molecule is NC(=O)CCC(NC(=O)NCc1ccccc1Cl)C(=O)O. The molecule has 8 heteroatoms. The first-order chi connectivity index (χ1) is 9.90. The number of nitrogens with two attached hydrogens (primary N) is 1. The minimum absolute atomic E-state index is 0.0653. The van der Waals surface area contributed by atoms with Crippen LogP contribution in [0, 0.1) is 0 Å². The van der Waals surface area contributed by atoms with Gasteiger partial charge in [0.25, 0.3) is 0 Å². The van der Waals surface area contributed by atoms with E-state index in [2.05, 4.69) is 10.6 Å². The average Bonchev–Trinajstić information content (AvgIpc) is 2.42. The second-order valence-electron chi connectivity index (χ2n) is 4.31. The molecule has 1 unspecified atom stereocenters. The van der Waals surface area contributed by atoms with Gasteiger partial charge in [0.05, 0.1) is 0 Å². The minimum Gasteiger partial charge on any atom is -0.480 e. The van der Waals surface area contributed by atoms with Crippen LogP contribution in [-0.2, 0) is 16.1 Å². The van der Waals surface area contributed by atoms with Crippen molar-refractivity contribution in [2.45, 2.75) is 25.4 Å². The Bertz CT molecular complexity index is 536. The molecule has 1 atom stereocenters. The van der Waals surface area contributed by atoms with Gasteiger partial charge in [-0.15, -0.1) is 0 Å². The van der Waals surface area contributed by atoms with Crippen LogP contribution in [0.5, 0.6) is 0 Å². The van der Waals surface area contributed by atoms with E-state index in [1.54, 1.807) is 24.3 Å². The lowest BCUT2D eigenvalue weighted by atomic mass is 10.1. The Labute approximate surface area is 126 Å². The Morgan fingerprint density at radius 1 is 1.29 bits per heavy atom. The molecule has 0 spiro atoms. The topological polar surface area (TPSA) is 122 Å². The molecule has 1 rings (SSSR count). The number of primary amides is 1. The maximum Gasteiger partial charge on any atom is 0.326 e. The summed E-state index contributed by atoms with van der Waals surface area (Å²) in [7, 11) is 0. The van der Waals surface area contributed by atoms with Gasteiger partial charge < -0.3 is 21.5 Å². The van der Waals surface area contributed by atoms with Crippen LogP contribution in [0.3, 0.4) is 0 Å². The van der Waals surface area contributed by atoms with Gasteiger partial charge in [-0.2, -0.15) is 0 Å². The van der Waals surface area contributed by atoms with Gasteiger partial charge in [-0.3, -0.25) is 4.79 Å². The summed E-state index contributed by atoms with van der Waals surface area (Å²) in [5, 5.41) is 14.2. The first-order valence-corrected chi connectivity index (χ1v) is 6.57. The number of rotatable bonds is 7. The van der Waals surface area contributed by atoms with E-state index in [0.717, 1.165) is 0 Å². The summed E-state index contributed by atoms with van der Waals surface area (Å²) in [5.41, 5.74) is 5.65. The van der Waals surface area contributed by atoms with Gasteiger partial charge in [0, 0.05) is 18.0 Å². The molecule has 0 bridgehead atoms. The number of aliphatic carboxylic acids is 1. The molecule has 7 nitrogen and oxygen atoms in total. The number of nitrogens with one attached hydrogen (secondary N) is 2. The highest BCUT2D eigenvalue weighted by Crippen LogP contribution is 2.14. The molecule has 0 fully saturated rings.